The zero-order valence-corrected chi connectivity index (χ0v) is 14.9. The molecule has 3 amide bonds. The zero-order chi connectivity index (χ0) is 17.7. The van der Waals surface area contributed by atoms with E-state index in [0.717, 1.165) is 4.47 Å². The third-order valence-corrected chi connectivity index (χ3v) is 4.54. The molecule has 1 fully saturated rings. The van der Waals surface area contributed by atoms with Crippen LogP contribution in [0.4, 0.5) is 4.79 Å². The van der Waals surface area contributed by atoms with Crippen LogP contribution in [0.1, 0.15) is 23.7 Å². The van der Waals surface area contributed by atoms with Crippen molar-refractivity contribution in [1.29, 1.82) is 0 Å². The molecule has 1 aliphatic rings. The monoisotopic (exact) mass is 397 g/mol. The standard InChI is InChI=1S/C16H20BrN3O4/c1-16(14(22)23)5-8-20(10-16)15(24)19-7-6-18-13(21)11-3-2-4-12(17)9-11/h2-4,9H,5-8,10H2,1H3,(H,18,21)(H,19,24)(H,22,23). The quantitative estimate of drug-likeness (QED) is 0.658. The number of nitrogens with one attached hydrogen (secondary N) is 2. The highest BCUT2D eigenvalue weighted by atomic mass is 79.9. The number of rotatable bonds is 5. The predicted molar refractivity (Wildman–Crippen MR) is 91.8 cm³/mol. The summed E-state index contributed by atoms with van der Waals surface area (Å²) < 4.78 is 0.818. The zero-order valence-electron chi connectivity index (χ0n) is 13.3. The summed E-state index contributed by atoms with van der Waals surface area (Å²) in [4.78, 5) is 36.6. The highest BCUT2D eigenvalue weighted by molar-refractivity contribution is 9.10. The number of carbonyl (C=O) groups is 3. The van der Waals surface area contributed by atoms with Gasteiger partial charge in [0, 0.05) is 36.2 Å². The van der Waals surface area contributed by atoms with Crippen LogP contribution in [0, 0.1) is 5.41 Å². The first kappa shape index (κ1) is 18.3. The molecule has 0 aromatic heterocycles. The highest BCUT2D eigenvalue weighted by Gasteiger charge is 2.42. The Morgan fingerprint density at radius 1 is 1.29 bits per heavy atom. The molecule has 7 nitrogen and oxygen atoms in total. The summed E-state index contributed by atoms with van der Waals surface area (Å²) in [6.45, 7) is 2.82. The van der Waals surface area contributed by atoms with E-state index in [-0.39, 0.29) is 25.0 Å². The number of urea groups is 1. The van der Waals surface area contributed by atoms with Crippen LogP contribution >= 0.6 is 15.9 Å². The lowest BCUT2D eigenvalue weighted by atomic mass is 9.90. The molecule has 0 bridgehead atoms. The topological polar surface area (TPSA) is 98.7 Å². The van der Waals surface area contributed by atoms with E-state index in [9.17, 15) is 14.4 Å². The number of likely N-dealkylation sites (tertiary alicyclic amines) is 1. The van der Waals surface area contributed by atoms with Crippen LogP contribution in [0.5, 0.6) is 0 Å². The maximum Gasteiger partial charge on any atom is 0.317 e. The van der Waals surface area contributed by atoms with E-state index in [1.807, 2.05) is 6.07 Å². The number of nitrogens with zero attached hydrogens (tertiary/aromatic N) is 1. The van der Waals surface area contributed by atoms with Gasteiger partial charge in [0.05, 0.1) is 5.41 Å². The Bertz CT molecular complexity index is 652. The molecule has 0 aliphatic carbocycles. The molecule has 24 heavy (non-hydrogen) atoms. The lowest BCUT2D eigenvalue weighted by molar-refractivity contribution is -0.147. The molecule has 0 spiro atoms. The van der Waals surface area contributed by atoms with Crippen molar-refractivity contribution in [2.75, 3.05) is 26.2 Å². The Hall–Kier alpha value is -2.09. The van der Waals surface area contributed by atoms with Crippen molar-refractivity contribution < 1.29 is 19.5 Å². The van der Waals surface area contributed by atoms with Gasteiger partial charge in [0.2, 0.25) is 0 Å². The van der Waals surface area contributed by atoms with Gasteiger partial charge in [-0.15, -0.1) is 0 Å². The summed E-state index contributed by atoms with van der Waals surface area (Å²) in [5.74, 6) is -1.11. The van der Waals surface area contributed by atoms with E-state index >= 15 is 0 Å². The molecular weight excluding hydrogens is 378 g/mol. The van der Waals surface area contributed by atoms with Crippen LogP contribution in [-0.2, 0) is 4.79 Å². The van der Waals surface area contributed by atoms with E-state index in [1.54, 1.807) is 25.1 Å². The summed E-state index contributed by atoms with van der Waals surface area (Å²) in [6, 6.07) is 6.71. The number of carboxylic acids is 1. The van der Waals surface area contributed by atoms with Gasteiger partial charge in [0.1, 0.15) is 0 Å². The van der Waals surface area contributed by atoms with Crippen LogP contribution in [0.25, 0.3) is 0 Å². The number of carbonyl (C=O) groups excluding carboxylic acids is 2. The van der Waals surface area contributed by atoms with Crippen LogP contribution in [0.3, 0.4) is 0 Å². The summed E-state index contributed by atoms with van der Waals surface area (Å²) in [7, 11) is 0. The van der Waals surface area contributed by atoms with E-state index in [1.165, 1.54) is 4.90 Å². The summed E-state index contributed by atoms with van der Waals surface area (Å²) >= 11 is 3.30. The lowest BCUT2D eigenvalue weighted by Gasteiger charge is -2.20. The fourth-order valence-corrected chi connectivity index (χ4v) is 2.90. The Morgan fingerprint density at radius 3 is 2.62 bits per heavy atom. The lowest BCUT2D eigenvalue weighted by Crippen LogP contribution is -2.43. The predicted octanol–water partition coefficient (Wildman–Crippen LogP) is 1.69. The molecule has 1 aromatic carbocycles. The molecule has 3 N–H and O–H groups in total. The highest BCUT2D eigenvalue weighted by Crippen LogP contribution is 2.29. The molecule has 0 saturated carbocycles. The second-order valence-electron chi connectivity index (χ2n) is 6.04. The van der Waals surface area contributed by atoms with Crippen LogP contribution in [0.15, 0.2) is 28.7 Å². The number of hydrogen-bond donors (Lipinski definition) is 3. The summed E-state index contributed by atoms with van der Waals surface area (Å²) in [5, 5.41) is 14.6. The third-order valence-electron chi connectivity index (χ3n) is 4.05. The molecule has 130 valence electrons. The minimum Gasteiger partial charge on any atom is -0.481 e. The number of halogens is 1. The number of aliphatic carboxylic acids is 1. The van der Waals surface area contributed by atoms with Crippen LogP contribution < -0.4 is 10.6 Å². The van der Waals surface area contributed by atoms with Gasteiger partial charge in [0.25, 0.3) is 5.91 Å². The van der Waals surface area contributed by atoms with Crippen molar-refractivity contribution in [2.24, 2.45) is 5.41 Å². The minimum absolute atomic E-state index is 0.193. The van der Waals surface area contributed by atoms with Gasteiger partial charge >= 0.3 is 12.0 Å². The van der Waals surface area contributed by atoms with Gasteiger partial charge in [-0.05, 0) is 31.5 Å². The summed E-state index contributed by atoms with van der Waals surface area (Å²) in [6.07, 6.45) is 0.440. The molecule has 1 heterocycles. The van der Waals surface area contributed by atoms with Crippen molar-refractivity contribution in [3.63, 3.8) is 0 Å². The SMILES string of the molecule is CC1(C(=O)O)CCN(C(=O)NCCNC(=O)c2cccc(Br)c2)C1. The van der Waals surface area contributed by atoms with Gasteiger partial charge in [-0.1, -0.05) is 22.0 Å². The van der Waals surface area contributed by atoms with Gasteiger partial charge in [-0.2, -0.15) is 0 Å². The van der Waals surface area contributed by atoms with Gasteiger partial charge in [-0.3, -0.25) is 9.59 Å². The second-order valence-corrected chi connectivity index (χ2v) is 6.95. The third kappa shape index (κ3) is 4.47. The van der Waals surface area contributed by atoms with Crippen molar-refractivity contribution >= 4 is 33.8 Å². The van der Waals surface area contributed by atoms with E-state index in [2.05, 4.69) is 26.6 Å². The molecule has 1 unspecified atom stereocenters. The number of hydrogen-bond acceptors (Lipinski definition) is 3. The molecule has 1 aromatic rings. The van der Waals surface area contributed by atoms with Crippen molar-refractivity contribution in [2.45, 2.75) is 13.3 Å². The molecule has 1 saturated heterocycles. The molecular formula is C16H20BrN3O4. The van der Waals surface area contributed by atoms with Crippen molar-refractivity contribution in [3.05, 3.63) is 34.3 Å². The van der Waals surface area contributed by atoms with E-state index < -0.39 is 11.4 Å². The number of benzene rings is 1. The smallest absolute Gasteiger partial charge is 0.317 e. The van der Waals surface area contributed by atoms with Gasteiger partial charge in [-0.25, -0.2) is 4.79 Å². The fraction of sp³-hybridized carbons (Fsp3) is 0.438. The Kier molecular flexibility index (Phi) is 5.82. The van der Waals surface area contributed by atoms with Gasteiger partial charge in [0.15, 0.2) is 0 Å². The Morgan fingerprint density at radius 2 is 2.00 bits per heavy atom. The number of amides is 3. The van der Waals surface area contributed by atoms with Gasteiger partial charge < -0.3 is 20.6 Å². The Balaban J connectivity index is 1.72. The maximum absolute atomic E-state index is 12.0. The fourth-order valence-electron chi connectivity index (χ4n) is 2.50. The second kappa shape index (κ2) is 7.65. The molecule has 1 atom stereocenters. The van der Waals surface area contributed by atoms with E-state index in [4.69, 9.17) is 5.11 Å². The molecule has 8 heteroatoms. The molecule has 2 rings (SSSR count). The average Bonchev–Trinajstić information content (AvgIpc) is 2.95. The van der Waals surface area contributed by atoms with Crippen molar-refractivity contribution in [1.82, 2.24) is 15.5 Å². The number of carboxylic acid groups (broad SMARTS) is 1. The maximum atomic E-state index is 12.0. The van der Waals surface area contributed by atoms with E-state index in [0.29, 0.717) is 25.1 Å². The van der Waals surface area contributed by atoms with Crippen LogP contribution in [0.2, 0.25) is 0 Å². The first-order chi connectivity index (χ1) is 11.3. The Labute approximate surface area is 148 Å². The first-order valence-electron chi connectivity index (χ1n) is 7.62. The van der Waals surface area contributed by atoms with Crippen molar-refractivity contribution in [3.8, 4) is 0 Å². The largest absolute Gasteiger partial charge is 0.481 e. The normalized spacial score (nSPS) is 19.8. The van der Waals surface area contributed by atoms with Crippen LogP contribution in [-0.4, -0.2) is 54.1 Å². The molecule has 0 radical (unpaired) electrons. The average molecular weight is 398 g/mol. The molecule has 1 aliphatic heterocycles. The first-order valence-corrected chi connectivity index (χ1v) is 8.41. The summed E-state index contributed by atoms with van der Waals surface area (Å²) in [5.41, 5.74) is -0.348. The minimum atomic E-state index is -0.890.